The van der Waals surface area contributed by atoms with E-state index in [-0.39, 0.29) is 4.90 Å². The second kappa shape index (κ2) is 7.51. The van der Waals surface area contributed by atoms with Crippen molar-refractivity contribution in [3.63, 3.8) is 0 Å². The lowest BCUT2D eigenvalue weighted by molar-refractivity contribution is -0.917. The third-order valence-corrected chi connectivity index (χ3v) is 6.35. The van der Waals surface area contributed by atoms with Crippen molar-refractivity contribution in [2.45, 2.75) is 11.4 Å². The normalized spacial score (nSPS) is 16.7. The minimum atomic E-state index is -3.63. The Hall–Kier alpha value is -1.96. The van der Waals surface area contributed by atoms with Gasteiger partial charge in [-0.3, -0.25) is 0 Å². The van der Waals surface area contributed by atoms with Gasteiger partial charge in [-0.05, 0) is 30.3 Å². The van der Waals surface area contributed by atoms with Crippen LogP contribution in [0.15, 0.2) is 53.4 Å². The maximum atomic E-state index is 13.3. The first-order valence-electron chi connectivity index (χ1n) is 8.21. The van der Waals surface area contributed by atoms with Crippen molar-refractivity contribution >= 4 is 10.0 Å². The first-order chi connectivity index (χ1) is 12.0. The first-order valence-corrected chi connectivity index (χ1v) is 9.65. The highest BCUT2D eigenvalue weighted by molar-refractivity contribution is 7.89. The lowest BCUT2D eigenvalue weighted by atomic mass is 10.2. The van der Waals surface area contributed by atoms with Gasteiger partial charge in [0.2, 0.25) is 10.0 Å². The summed E-state index contributed by atoms with van der Waals surface area (Å²) in [6.07, 6.45) is 0. The number of piperazine rings is 1. The molecule has 2 aromatic carbocycles. The van der Waals surface area contributed by atoms with Crippen molar-refractivity contribution in [1.82, 2.24) is 4.31 Å². The van der Waals surface area contributed by atoms with E-state index in [4.69, 9.17) is 4.74 Å². The lowest BCUT2D eigenvalue weighted by Gasteiger charge is -2.31. The molecule has 1 fully saturated rings. The van der Waals surface area contributed by atoms with E-state index in [0.29, 0.717) is 26.2 Å². The summed E-state index contributed by atoms with van der Waals surface area (Å²) in [5.74, 6) is 0.285. The third-order valence-electron chi connectivity index (χ3n) is 4.45. The number of hydrogen-bond donors (Lipinski definition) is 1. The molecule has 0 spiro atoms. The first kappa shape index (κ1) is 17.8. The number of rotatable bonds is 5. The van der Waals surface area contributed by atoms with Crippen LogP contribution in [0.1, 0.15) is 5.56 Å². The summed E-state index contributed by atoms with van der Waals surface area (Å²) >= 11 is 0. The van der Waals surface area contributed by atoms with Crippen LogP contribution in [-0.2, 0) is 16.6 Å². The van der Waals surface area contributed by atoms with Gasteiger partial charge in [0.25, 0.3) is 0 Å². The van der Waals surface area contributed by atoms with E-state index in [1.54, 1.807) is 7.11 Å². The van der Waals surface area contributed by atoms with Crippen LogP contribution in [0, 0.1) is 5.82 Å². The molecule has 0 unspecified atom stereocenters. The Bertz CT molecular complexity index is 834. The average Bonchev–Trinajstić information content (AvgIpc) is 2.62. The van der Waals surface area contributed by atoms with E-state index in [1.807, 2.05) is 24.3 Å². The number of halogens is 1. The molecule has 25 heavy (non-hydrogen) atoms. The highest BCUT2D eigenvalue weighted by Crippen LogP contribution is 2.17. The Morgan fingerprint density at radius 1 is 1.12 bits per heavy atom. The van der Waals surface area contributed by atoms with Crippen LogP contribution >= 0.6 is 0 Å². The van der Waals surface area contributed by atoms with Gasteiger partial charge in [0.05, 0.1) is 38.2 Å². The minimum Gasteiger partial charge on any atom is -0.497 e. The molecule has 1 heterocycles. The predicted octanol–water partition coefficient (Wildman–Crippen LogP) is 0.924. The van der Waals surface area contributed by atoms with Crippen LogP contribution in [0.3, 0.4) is 0 Å². The van der Waals surface area contributed by atoms with E-state index in [9.17, 15) is 12.8 Å². The number of nitrogens with one attached hydrogen (secondary N) is 1. The van der Waals surface area contributed by atoms with Crippen molar-refractivity contribution in [2.24, 2.45) is 0 Å². The molecule has 7 heteroatoms. The van der Waals surface area contributed by atoms with Gasteiger partial charge in [-0.1, -0.05) is 18.2 Å². The van der Waals surface area contributed by atoms with Gasteiger partial charge >= 0.3 is 0 Å². The largest absolute Gasteiger partial charge is 0.497 e. The summed E-state index contributed by atoms with van der Waals surface area (Å²) in [7, 11) is -1.99. The standard InChI is InChI=1S/C18H21FN2O3S/c1-24-17-6-2-4-15(12-17)14-20-8-10-21(11-9-20)25(22,23)18-7-3-5-16(19)13-18/h2-7,12-13H,8-11,14H2,1H3/p+1. The van der Waals surface area contributed by atoms with Crippen molar-refractivity contribution in [3.8, 4) is 5.75 Å². The van der Waals surface area contributed by atoms with Gasteiger partial charge in [0.15, 0.2) is 0 Å². The molecule has 0 amide bonds. The van der Waals surface area contributed by atoms with Crippen LogP contribution < -0.4 is 9.64 Å². The van der Waals surface area contributed by atoms with Crippen LogP contribution in [-0.4, -0.2) is 46.0 Å². The molecule has 0 aliphatic carbocycles. The summed E-state index contributed by atoms with van der Waals surface area (Å²) < 4.78 is 45.3. The number of methoxy groups -OCH3 is 1. The number of sulfonamides is 1. The SMILES string of the molecule is COc1cccc(C[NH+]2CCN(S(=O)(=O)c3cccc(F)c3)CC2)c1. The fourth-order valence-corrected chi connectivity index (χ4v) is 4.54. The highest BCUT2D eigenvalue weighted by Gasteiger charge is 2.30. The molecule has 0 bridgehead atoms. The van der Waals surface area contributed by atoms with Crippen molar-refractivity contribution in [3.05, 3.63) is 59.9 Å². The fraction of sp³-hybridized carbons (Fsp3) is 0.333. The quantitative estimate of drug-likeness (QED) is 0.858. The van der Waals surface area contributed by atoms with E-state index < -0.39 is 15.8 Å². The molecular weight excluding hydrogens is 343 g/mol. The summed E-state index contributed by atoms with van der Waals surface area (Å²) in [5.41, 5.74) is 1.16. The number of quaternary nitrogens is 1. The van der Waals surface area contributed by atoms with E-state index >= 15 is 0 Å². The van der Waals surface area contributed by atoms with Gasteiger partial charge < -0.3 is 9.64 Å². The average molecular weight is 365 g/mol. The second-order valence-electron chi connectivity index (χ2n) is 6.14. The maximum Gasteiger partial charge on any atom is 0.243 e. The third kappa shape index (κ3) is 4.18. The van der Waals surface area contributed by atoms with Crippen molar-refractivity contribution in [1.29, 1.82) is 0 Å². The van der Waals surface area contributed by atoms with Gasteiger partial charge in [0, 0.05) is 5.56 Å². The van der Waals surface area contributed by atoms with E-state index in [0.717, 1.165) is 23.9 Å². The molecular formula is C18H22FN2O3S+. The molecule has 134 valence electrons. The lowest BCUT2D eigenvalue weighted by Crippen LogP contribution is -3.13. The van der Waals surface area contributed by atoms with E-state index in [1.165, 1.54) is 27.4 Å². The van der Waals surface area contributed by atoms with Crippen molar-refractivity contribution < 1.29 is 22.4 Å². The summed E-state index contributed by atoms with van der Waals surface area (Å²) in [4.78, 5) is 1.34. The minimum absolute atomic E-state index is 0.0174. The summed E-state index contributed by atoms with van der Waals surface area (Å²) in [5, 5.41) is 0. The zero-order chi connectivity index (χ0) is 17.9. The van der Waals surface area contributed by atoms with E-state index in [2.05, 4.69) is 0 Å². The number of ether oxygens (including phenoxy) is 1. The Morgan fingerprint density at radius 2 is 1.84 bits per heavy atom. The number of benzene rings is 2. The van der Waals surface area contributed by atoms with Gasteiger partial charge in [-0.25, -0.2) is 12.8 Å². The fourth-order valence-electron chi connectivity index (χ4n) is 3.07. The monoisotopic (exact) mass is 365 g/mol. The molecule has 1 aliphatic heterocycles. The molecule has 1 N–H and O–H groups in total. The molecule has 1 saturated heterocycles. The Morgan fingerprint density at radius 3 is 2.52 bits per heavy atom. The van der Waals surface area contributed by atoms with Crippen LogP contribution in [0.2, 0.25) is 0 Å². The number of nitrogens with zero attached hydrogens (tertiary/aromatic N) is 1. The predicted molar refractivity (Wildman–Crippen MR) is 92.6 cm³/mol. The zero-order valence-corrected chi connectivity index (χ0v) is 14.9. The maximum absolute atomic E-state index is 13.3. The number of hydrogen-bond acceptors (Lipinski definition) is 3. The van der Waals surface area contributed by atoms with Gasteiger partial charge in [-0.2, -0.15) is 4.31 Å². The van der Waals surface area contributed by atoms with Gasteiger partial charge in [-0.15, -0.1) is 0 Å². The second-order valence-corrected chi connectivity index (χ2v) is 8.08. The molecule has 2 aromatic rings. The van der Waals surface area contributed by atoms with Crippen LogP contribution in [0.4, 0.5) is 4.39 Å². The smallest absolute Gasteiger partial charge is 0.243 e. The Balaban J connectivity index is 1.63. The van der Waals surface area contributed by atoms with Crippen molar-refractivity contribution in [2.75, 3.05) is 33.3 Å². The molecule has 1 aliphatic rings. The topological polar surface area (TPSA) is 51.1 Å². The van der Waals surface area contributed by atoms with Crippen LogP contribution in [0.5, 0.6) is 5.75 Å². The molecule has 5 nitrogen and oxygen atoms in total. The molecule has 0 radical (unpaired) electrons. The zero-order valence-electron chi connectivity index (χ0n) is 14.1. The molecule has 3 rings (SSSR count). The summed E-state index contributed by atoms with van der Waals surface area (Å²) in [6, 6.07) is 13.1. The molecule has 0 aromatic heterocycles. The Labute approximate surface area is 147 Å². The summed E-state index contributed by atoms with van der Waals surface area (Å²) in [6.45, 7) is 3.11. The molecule has 0 atom stereocenters. The molecule has 0 saturated carbocycles. The van der Waals surface area contributed by atoms with Gasteiger partial charge in [0.1, 0.15) is 18.1 Å². The van der Waals surface area contributed by atoms with Crippen LogP contribution in [0.25, 0.3) is 0 Å². The highest BCUT2D eigenvalue weighted by atomic mass is 32.2. The Kier molecular flexibility index (Phi) is 5.36.